The van der Waals surface area contributed by atoms with Gasteiger partial charge in [-0.1, -0.05) is 12.1 Å². The van der Waals surface area contributed by atoms with E-state index >= 15 is 0 Å². The van der Waals surface area contributed by atoms with Crippen molar-refractivity contribution in [2.45, 2.75) is 0 Å². The van der Waals surface area contributed by atoms with E-state index in [9.17, 15) is 4.79 Å². The van der Waals surface area contributed by atoms with Crippen LogP contribution in [0.25, 0.3) is 0 Å². The highest BCUT2D eigenvalue weighted by molar-refractivity contribution is 14.1. The number of para-hydroxylation sites is 1. The summed E-state index contributed by atoms with van der Waals surface area (Å²) in [6.07, 6.45) is 0. The lowest BCUT2D eigenvalue weighted by molar-refractivity contribution is 0.102. The van der Waals surface area contributed by atoms with E-state index in [2.05, 4.69) is 43.8 Å². The minimum atomic E-state index is -0.182. The molecule has 2 aromatic rings. The van der Waals surface area contributed by atoms with Gasteiger partial charge in [0.25, 0.3) is 5.91 Å². The van der Waals surface area contributed by atoms with Crippen molar-refractivity contribution in [2.24, 2.45) is 0 Å². The Labute approximate surface area is 127 Å². The Kier molecular flexibility index (Phi) is 4.23. The third-order valence-corrected chi connectivity index (χ3v) is 3.99. The maximum Gasteiger partial charge on any atom is 0.256 e. The standard InChI is InChI=1S/C13H10BrIN2O/c14-10-6-5-8(16)7-9(10)13(18)17-12-4-2-1-3-11(12)15/h1-7H,16H2,(H,17,18). The fourth-order valence-corrected chi connectivity index (χ4v) is 2.42. The monoisotopic (exact) mass is 416 g/mol. The van der Waals surface area contributed by atoms with Crippen LogP contribution in [-0.2, 0) is 0 Å². The fraction of sp³-hybridized carbons (Fsp3) is 0. The Balaban J connectivity index is 2.28. The molecule has 0 aliphatic rings. The van der Waals surface area contributed by atoms with Gasteiger partial charge in [-0.3, -0.25) is 4.79 Å². The molecule has 0 spiro atoms. The van der Waals surface area contributed by atoms with Gasteiger partial charge in [0, 0.05) is 13.7 Å². The summed E-state index contributed by atoms with van der Waals surface area (Å²) in [5.74, 6) is -0.182. The number of amides is 1. The van der Waals surface area contributed by atoms with Gasteiger partial charge in [-0.15, -0.1) is 0 Å². The zero-order valence-electron chi connectivity index (χ0n) is 9.28. The molecule has 0 atom stereocenters. The molecule has 0 saturated carbocycles. The number of carbonyl (C=O) groups excluding carboxylic acids is 1. The van der Waals surface area contributed by atoms with E-state index in [0.717, 1.165) is 13.7 Å². The van der Waals surface area contributed by atoms with Crippen LogP contribution in [0.4, 0.5) is 11.4 Å². The summed E-state index contributed by atoms with van der Waals surface area (Å²) in [4.78, 5) is 12.1. The van der Waals surface area contributed by atoms with Crippen LogP contribution in [0.1, 0.15) is 10.4 Å². The lowest BCUT2D eigenvalue weighted by Gasteiger charge is -2.09. The molecule has 3 nitrogen and oxygen atoms in total. The second kappa shape index (κ2) is 5.71. The molecule has 0 unspecified atom stereocenters. The molecule has 5 heteroatoms. The van der Waals surface area contributed by atoms with Gasteiger partial charge >= 0.3 is 0 Å². The number of nitrogen functional groups attached to an aromatic ring is 1. The molecule has 3 N–H and O–H groups in total. The van der Waals surface area contributed by atoms with Gasteiger partial charge in [0.1, 0.15) is 0 Å². The minimum absolute atomic E-state index is 0.182. The number of halogens is 2. The van der Waals surface area contributed by atoms with Gasteiger partial charge < -0.3 is 11.1 Å². The molecule has 0 aliphatic heterocycles. The summed E-state index contributed by atoms with van der Waals surface area (Å²) < 4.78 is 1.71. The Morgan fingerprint density at radius 3 is 2.67 bits per heavy atom. The second-order valence-corrected chi connectivity index (χ2v) is 5.69. The minimum Gasteiger partial charge on any atom is -0.399 e. The number of hydrogen-bond donors (Lipinski definition) is 2. The highest BCUT2D eigenvalue weighted by Gasteiger charge is 2.11. The van der Waals surface area contributed by atoms with Gasteiger partial charge in [-0.25, -0.2) is 0 Å². The van der Waals surface area contributed by atoms with E-state index in [1.807, 2.05) is 24.3 Å². The quantitative estimate of drug-likeness (QED) is 0.576. The summed E-state index contributed by atoms with van der Waals surface area (Å²) in [6, 6.07) is 12.8. The van der Waals surface area contributed by atoms with Gasteiger partial charge in [-0.05, 0) is 68.9 Å². The Bertz CT molecular complexity index is 601. The van der Waals surface area contributed by atoms with E-state index in [1.54, 1.807) is 18.2 Å². The molecule has 0 aliphatic carbocycles. The number of hydrogen-bond acceptors (Lipinski definition) is 2. The van der Waals surface area contributed by atoms with E-state index in [-0.39, 0.29) is 5.91 Å². The lowest BCUT2D eigenvalue weighted by atomic mass is 10.2. The van der Waals surface area contributed by atoms with Crippen molar-refractivity contribution in [1.29, 1.82) is 0 Å². The summed E-state index contributed by atoms with van der Waals surface area (Å²) >= 11 is 5.52. The molecule has 92 valence electrons. The summed E-state index contributed by atoms with van der Waals surface area (Å²) in [7, 11) is 0. The molecule has 1 amide bonds. The SMILES string of the molecule is Nc1ccc(Br)c(C(=O)Nc2ccccc2I)c1. The van der Waals surface area contributed by atoms with Gasteiger partial charge in [0.2, 0.25) is 0 Å². The maximum atomic E-state index is 12.1. The number of carbonyl (C=O) groups is 1. The highest BCUT2D eigenvalue weighted by Crippen LogP contribution is 2.22. The second-order valence-electron chi connectivity index (χ2n) is 3.67. The molecule has 0 aromatic heterocycles. The molecular formula is C13H10BrIN2O. The normalized spacial score (nSPS) is 10.1. The average molecular weight is 417 g/mol. The van der Waals surface area contributed by atoms with Crippen molar-refractivity contribution in [1.82, 2.24) is 0 Å². The van der Waals surface area contributed by atoms with Crippen molar-refractivity contribution in [3.63, 3.8) is 0 Å². The van der Waals surface area contributed by atoms with E-state index in [4.69, 9.17) is 5.73 Å². The van der Waals surface area contributed by atoms with Crippen LogP contribution in [0.15, 0.2) is 46.9 Å². The van der Waals surface area contributed by atoms with Crippen molar-refractivity contribution >= 4 is 55.8 Å². The Morgan fingerprint density at radius 2 is 1.94 bits per heavy atom. The molecule has 18 heavy (non-hydrogen) atoms. The van der Waals surface area contributed by atoms with E-state index in [0.29, 0.717) is 11.3 Å². The third kappa shape index (κ3) is 3.02. The van der Waals surface area contributed by atoms with Crippen molar-refractivity contribution < 1.29 is 4.79 Å². The van der Waals surface area contributed by atoms with Gasteiger partial charge in [0.05, 0.1) is 11.3 Å². The topological polar surface area (TPSA) is 55.1 Å². The molecular weight excluding hydrogens is 407 g/mol. The van der Waals surface area contributed by atoms with Crippen LogP contribution in [-0.4, -0.2) is 5.91 Å². The van der Waals surface area contributed by atoms with Gasteiger partial charge in [-0.2, -0.15) is 0 Å². The van der Waals surface area contributed by atoms with Crippen molar-refractivity contribution in [3.8, 4) is 0 Å². The smallest absolute Gasteiger partial charge is 0.256 e. The maximum absolute atomic E-state index is 12.1. The summed E-state index contributed by atoms with van der Waals surface area (Å²) in [5, 5.41) is 2.86. The predicted molar refractivity (Wildman–Crippen MR) is 85.7 cm³/mol. The summed E-state index contributed by atoms with van der Waals surface area (Å²) in [5.41, 5.74) is 7.56. The first-order valence-electron chi connectivity index (χ1n) is 5.19. The van der Waals surface area contributed by atoms with Crippen LogP contribution < -0.4 is 11.1 Å². The zero-order valence-corrected chi connectivity index (χ0v) is 13.0. The van der Waals surface area contributed by atoms with E-state index in [1.165, 1.54) is 0 Å². The highest BCUT2D eigenvalue weighted by atomic mass is 127. The first-order valence-corrected chi connectivity index (χ1v) is 7.06. The number of nitrogens with one attached hydrogen (secondary N) is 1. The van der Waals surface area contributed by atoms with Crippen LogP contribution in [0.5, 0.6) is 0 Å². The van der Waals surface area contributed by atoms with Crippen LogP contribution >= 0.6 is 38.5 Å². The molecule has 0 heterocycles. The first kappa shape index (κ1) is 13.4. The van der Waals surface area contributed by atoms with Crippen LogP contribution in [0, 0.1) is 3.57 Å². The summed E-state index contributed by atoms with van der Waals surface area (Å²) in [6.45, 7) is 0. The molecule has 2 rings (SSSR count). The van der Waals surface area contributed by atoms with Gasteiger partial charge in [0.15, 0.2) is 0 Å². The Morgan fingerprint density at radius 1 is 1.22 bits per heavy atom. The third-order valence-electron chi connectivity index (χ3n) is 2.36. The predicted octanol–water partition coefficient (Wildman–Crippen LogP) is 3.89. The van der Waals surface area contributed by atoms with Crippen molar-refractivity contribution in [3.05, 3.63) is 56.1 Å². The number of rotatable bonds is 2. The van der Waals surface area contributed by atoms with Crippen LogP contribution in [0.3, 0.4) is 0 Å². The molecule has 2 aromatic carbocycles. The lowest BCUT2D eigenvalue weighted by Crippen LogP contribution is -2.13. The molecule has 0 fully saturated rings. The fourth-order valence-electron chi connectivity index (χ4n) is 1.47. The van der Waals surface area contributed by atoms with E-state index < -0.39 is 0 Å². The Hall–Kier alpha value is -1.08. The number of nitrogens with two attached hydrogens (primary N) is 1. The number of benzene rings is 2. The molecule has 0 radical (unpaired) electrons. The number of anilines is 2. The zero-order chi connectivity index (χ0) is 13.1. The molecule has 0 saturated heterocycles. The molecule has 0 bridgehead atoms. The van der Waals surface area contributed by atoms with Crippen LogP contribution in [0.2, 0.25) is 0 Å². The largest absolute Gasteiger partial charge is 0.399 e. The first-order chi connectivity index (χ1) is 8.58. The average Bonchev–Trinajstić information content (AvgIpc) is 2.35. The van der Waals surface area contributed by atoms with Crippen molar-refractivity contribution in [2.75, 3.05) is 11.1 Å².